The van der Waals surface area contributed by atoms with Gasteiger partial charge in [0.15, 0.2) is 0 Å². The van der Waals surface area contributed by atoms with Crippen molar-refractivity contribution >= 4 is 0 Å². The van der Waals surface area contributed by atoms with Crippen molar-refractivity contribution < 1.29 is 0 Å². The molecule has 2 nitrogen and oxygen atoms in total. The molecular formula is C17H30N2. The Kier molecular flexibility index (Phi) is 6.02. The first-order valence-electron chi connectivity index (χ1n) is 7.31. The Morgan fingerprint density at radius 1 is 1.16 bits per heavy atom. The highest BCUT2D eigenvalue weighted by molar-refractivity contribution is 5.27. The SMILES string of the molecule is CC(CN)CN(C)CCc1ccc(C(C)(C)C)cc1. The number of hydrogen-bond donors (Lipinski definition) is 1. The zero-order valence-electron chi connectivity index (χ0n) is 13.2. The highest BCUT2D eigenvalue weighted by Gasteiger charge is 2.12. The first kappa shape index (κ1) is 16.2. The average molecular weight is 262 g/mol. The molecule has 0 aromatic heterocycles. The van der Waals surface area contributed by atoms with Crippen LogP contribution in [0.4, 0.5) is 0 Å². The lowest BCUT2D eigenvalue weighted by Gasteiger charge is -2.21. The Morgan fingerprint density at radius 3 is 2.21 bits per heavy atom. The minimum atomic E-state index is 0.242. The summed E-state index contributed by atoms with van der Waals surface area (Å²) in [5.74, 6) is 0.577. The first-order valence-corrected chi connectivity index (χ1v) is 7.31. The second-order valence-corrected chi connectivity index (χ2v) is 6.80. The number of hydrogen-bond acceptors (Lipinski definition) is 2. The zero-order valence-corrected chi connectivity index (χ0v) is 13.2. The van der Waals surface area contributed by atoms with Crippen LogP contribution in [0.2, 0.25) is 0 Å². The molecule has 1 aromatic carbocycles. The maximum atomic E-state index is 5.66. The molecule has 2 heteroatoms. The summed E-state index contributed by atoms with van der Waals surface area (Å²) in [7, 11) is 2.18. The lowest BCUT2D eigenvalue weighted by atomic mass is 9.86. The summed E-state index contributed by atoms with van der Waals surface area (Å²) in [6.45, 7) is 11.9. The van der Waals surface area contributed by atoms with E-state index in [0.29, 0.717) is 5.92 Å². The van der Waals surface area contributed by atoms with Crippen molar-refractivity contribution in [3.63, 3.8) is 0 Å². The Bertz CT molecular complexity index is 362. The largest absolute Gasteiger partial charge is 0.330 e. The maximum absolute atomic E-state index is 5.66. The molecule has 1 aromatic rings. The molecule has 1 rings (SSSR count). The molecule has 0 aliphatic carbocycles. The molecule has 0 saturated carbocycles. The summed E-state index contributed by atoms with van der Waals surface area (Å²) in [5, 5.41) is 0. The quantitative estimate of drug-likeness (QED) is 0.854. The summed E-state index contributed by atoms with van der Waals surface area (Å²) < 4.78 is 0. The smallest absolute Gasteiger partial charge is 0.00189 e. The van der Waals surface area contributed by atoms with E-state index < -0.39 is 0 Å². The van der Waals surface area contributed by atoms with E-state index in [1.54, 1.807) is 0 Å². The van der Waals surface area contributed by atoms with Crippen molar-refractivity contribution in [3.8, 4) is 0 Å². The highest BCUT2D eigenvalue weighted by Crippen LogP contribution is 2.22. The molecule has 0 saturated heterocycles. The average Bonchev–Trinajstić information content (AvgIpc) is 2.35. The second kappa shape index (κ2) is 7.06. The van der Waals surface area contributed by atoms with E-state index in [-0.39, 0.29) is 5.41 Å². The van der Waals surface area contributed by atoms with Crippen molar-refractivity contribution in [1.82, 2.24) is 4.90 Å². The minimum absolute atomic E-state index is 0.242. The van der Waals surface area contributed by atoms with Crippen LogP contribution in [0.15, 0.2) is 24.3 Å². The van der Waals surface area contributed by atoms with Gasteiger partial charge < -0.3 is 10.6 Å². The van der Waals surface area contributed by atoms with Crippen molar-refractivity contribution in [2.45, 2.75) is 39.5 Å². The third-order valence-electron chi connectivity index (χ3n) is 3.63. The monoisotopic (exact) mass is 262 g/mol. The number of rotatable bonds is 6. The Morgan fingerprint density at radius 2 is 1.74 bits per heavy atom. The molecule has 19 heavy (non-hydrogen) atoms. The molecule has 0 bridgehead atoms. The van der Waals surface area contributed by atoms with E-state index in [2.05, 4.69) is 63.9 Å². The molecule has 0 spiro atoms. The Hall–Kier alpha value is -0.860. The van der Waals surface area contributed by atoms with E-state index in [1.807, 2.05) is 0 Å². The Balaban J connectivity index is 2.46. The van der Waals surface area contributed by atoms with Gasteiger partial charge >= 0.3 is 0 Å². The van der Waals surface area contributed by atoms with E-state index in [1.165, 1.54) is 11.1 Å². The van der Waals surface area contributed by atoms with E-state index >= 15 is 0 Å². The van der Waals surface area contributed by atoms with Crippen molar-refractivity contribution in [3.05, 3.63) is 35.4 Å². The van der Waals surface area contributed by atoms with Crippen LogP contribution >= 0.6 is 0 Å². The Labute approximate surface area is 119 Å². The van der Waals surface area contributed by atoms with Crippen molar-refractivity contribution in [1.29, 1.82) is 0 Å². The van der Waals surface area contributed by atoms with E-state index in [4.69, 9.17) is 5.73 Å². The van der Waals surface area contributed by atoms with Crippen LogP contribution in [0.25, 0.3) is 0 Å². The molecule has 0 fully saturated rings. The summed E-state index contributed by atoms with van der Waals surface area (Å²) in [6, 6.07) is 9.05. The minimum Gasteiger partial charge on any atom is -0.330 e. The molecule has 0 amide bonds. The fraction of sp³-hybridized carbons (Fsp3) is 0.647. The fourth-order valence-electron chi connectivity index (χ4n) is 2.19. The van der Waals surface area contributed by atoms with Gasteiger partial charge in [-0.2, -0.15) is 0 Å². The van der Waals surface area contributed by atoms with Gasteiger partial charge in [-0.3, -0.25) is 0 Å². The molecule has 2 N–H and O–H groups in total. The number of nitrogens with zero attached hydrogens (tertiary/aromatic N) is 1. The zero-order chi connectivity index (χ0) is 14.5. The molecule has 0 aliphatic heterocycles. The van der Waals surface area contributed by atoms with Gasteiger partial charge in [0.2, 0.25) is 0 Å². The molecule has 1 unspecified atom stereocenters. The normalized spacial score (nSPS) is 13.8. The van der Waals surface area contributed by atoms with Gasteiger partial charge in [0, 0.05) is 13.1 Å². The predicted octanol–water partition coefficient (Wildman–Crippen LogP) is 3.05. The summed E-state index contributed by atoms with van der Waals surface area (Å²) in [4.78, 5) is 2.37. The van der Waals surface area contributed by atoms with Crippen LogP contribution in [0.5, 0.6) is 0 Å². The molecule has 0 radical (unpaired) electrons. The topological polar surface area (TPSA) is 29.3 Å². The van der Waals surface area contributed by atoms with Gasteiger partial charge in [0.25, 0.3) is 0 Å². The maximum Gasteiger partial charge on any atom is 0.00189 e. The highest BCUT2D eigenvalue weighted by atomic mass is 15.1. The first-order chi connectivity index (χ1) is 8.82. The predicted molar refractivity (Wildman–Crippen MR) is 84.6 cm³/mol. The van der Waals surface area contributed by atoms with E-state index in [9.17, 15) is 0 Å². The standard InChI is InChI=1S/C17H30N2/c1-14(12-18)13-19(5)11-10-15-6-8-16(9-7-15)17(2,3)4/h6-9,14H,10-13,18H2,1-5H3. The summed E-state index contributed by atoms with van der Waals surface area (Å²) >= 11 is 0. The van der Waals surface area contributed by atoms with Gasteiger partial charge in [0.1, 0.15) is 0 Å². The molecule has 108 valence electrons. The molecule has 1 atom stereocenters. The number of likely N-dealkylation sites (N-methyl/N-ethyl adjacent to an activating group) is 1. The molecule has 0 heterocycles. The van der Waals surface area contributed by atoms with E-state index in [0.717, 1.165) is 26.1 Å². The van der Waals surface area contributed by atoms with Crippen LogP contribution in [0, 0.1) is 5.92 Å². The van der Waals surface area contributed by atoms with Gasteiger partial charge in [-0.15, -0.1) is 0 Å². The summed E-state index contributed by atoms with van der Waals surface area (Å²) in [5.41, 5.74) is 8.72. The van der Waals surface area contributed by atoms with Crippen LogP contribution < -0.4 is 5.73 Å². The molecule has 0 aliphatic rings. The van der Waals surface area contributed by atoms with Crippen molar-refractivity contribution in [2.75, 3.05) is 26.7 Å². The number of benzene rings is 1. The van der Waals surface area contributed by atoms with Crippen molar-refractivity contribution in [2.24, 2.45) is 11.7 Å². The molecular weight excluding hydrogens is 232 g/mol. The van der Waals surface area contributed by atoms with Crippen LogP contribution in [-0.4, -0.2) is 31.6 Å². The number of nitrogens with two attached hydrogens (primary N) is 1. The van der Waals surface area contributed by atoms with Gasteiger partial charge in [-0.05, 0) is 42.5 Å². The van der Waals surface area contributed by atoms with Gasteiger partial charge in [-0.25, -0.2) is 0 Å². The van der Waals surface area contributed by atoms with Crippen LogP contribution in [-0.2, 0) is 11.8 Å². The van der Waals surface area contributed by atoms with Gasteiger partial charge in [-0.1, -0.05) is 52.0 Å². The summed E-state index contributed by atoms with van der Waals surface area (Å²) in [6.07, 6.45) is 1.11. The van der Waals surface area contributed by atoms with Crippen LogP contribution in [0.3, 0.4) is 0 Å². The lowest BCUT2D eigenvalue weighted by Crippen LogP contribution is -2.30. The third-order valence-corrected chi connectivity index (χ3v) is 3.63. The van der Waals surface area contributed by atoms with Gasteiger partial charge in [0.05, 0.1) is 0 Å². The van der Waals surface area contributed by atoms with Crippen LogP contribution in [0.1, 0.15) is 38.8 Å². The third kappa shape index (κ3) is 5.75. The fourth-order valence-corrected chi connectivity index (χ4v) is 2.19. The second-order valence-electron chi connectivity index (χ2n) is 6.80. The lowest BCUT2D eigenvalue weighted by molar-refractivity contribution is 0.292.